The van der Waals surface area contributed by atoms with Crippen molar-refractivity contribution >= 4 is 34.7 Å². The third-order valence-electron chi connectivity index (χ3n) is 4.42. The first-order valence-electron chi connectivity index (χ1n) is 8.90. The molecule has 0 aliphatic heterocycles. The molecule has 0 N–H and O–H groups in total. The first-order chi connectivity index (χ1) is 14.0. The van der Waals surface area contributed by atoms with Crippen LogP contribution in [0.2, 0.25) is 5.02 Å². The molecular weight excluding hydrogens is 428 g/mol. The summed E-state index contributed by atoms with van der Waals surface area (Å²) in [5.41, 5.74) is 0.956. The summed E-state index contributed by atoms with van der Waals surface area (Å²) in [4.78, 5) is 7.53. The van der Waals surface area contributed by atoms with Crippen molar-refractivity contribution in [2.75, 3.05) is 14.1 Å². The van der Waals surface area contributed by atoms with Gasteiger partial charge in [0.2, 0.25) is 0 Å². The Morgan fingerprint density at radius 1 is 1.21 bits per heavy atom. The Hall–Kier alpha value is -2.20. The Morgan fingerprint density at radius 3 is 2.69 bits per heavy atom. The van der Waals surface area contributed by atoms with Gasteiger partial charge in [0, 0.05) is 10.7 Å². The molecule has 0 bridgehead atoms. The molecule has 4 aromatic rings. The molecule has 0 fully saturated rings. The minimum atomic E-state index is 0.0862. The normalized spacial score (nSPS) is 12.6. The minimum absolute atomic E-state index is 0.0862. The molecule has 0 aliphatic carbocycles. The highest BCUT2D eigenvalue weighted by atomic mass is 35.5. The van der Waals surface area contributed by atoms with E-state index in [1.165, 1.54) is 11.8 Å². The zero-order valence-corrected chi connectivity index (χ0v) is 18.5. The molecule has 0 saturated carbocycles. The summed E-state index contributed by atoms with van der Waals surface area (Å²) in [6, 6.07) is 11.7. The zero-order chi connectivity index (χ0) is 20.4. The molecule has 0 aliphatic rings. The Morgan fingerprint density at radius 2 is 2.00 bits per heavy atom. The molecule has 0 saturated heterocycles. The van der Waals surface area contributed by atoms with Crippen LogP contribution in [0.25, 0.3) is 16.5 Å². The molecule has 150 valence electrons. The maximum Gasteiger partial charge on any atom is 0.268 e. The molecule has 1 unspecified atom stereocenters. The molecular formula is C19H19ClN6OS2. The van der Waals surface area contributed by atoms with Crippen molar-refractivity contribution in [2.45, 2.75) is 23.9 Å². The Bertz CT molecular complexity index is 1070. The number of thioether (sulfide) groups is 1. The van der Waals surface area contributed by atoms with E-state index in [0.29, 0.717) is 22.5 Å². The van der Waals surface area contributed by atoms with Crippen LogP contribution in [-0.2, 0) is 5.75 Å². The predicted octanol–water partition coefficient (Wildman–Crippen LogP) is 4.95. The monoisotopic (exact) mass is 446 g/mol. The van der Waals surface area contributed by atoms with Crippen LogP contribution in [0.1, 0.15) is 24.6 Å². The topological polar surface area (TPSA) is 72.9 Å². The summed E-state index contributed by atoms with van der Waals surface area (Å²) in [6.07, 6.45) is 0. The Balaban J connectivity index is 1.61. The second-order valence-corrected chi connectivity index (χ2v) is 8.90. The third-order valence-corrected chi connectivity index (χ3v) is 6.46. The maximum atomic E-state index is 6.07. The molecule has 4 rings (SSSR count). The van der Waals surface area contributed by atoms with Gasteiger partial charge in [0.15, 0.2) is 16.8 Å². The van der Waals surface area contributed by atoms with Gasteiger partial charge in [-0.2, -0.15) is 4.98 Å². The van der Waals surface area contributed by atoms with Gasteiger partial charge in [-0.05, 0) is 56.7 Å². The molecule has 0 amide bonds. The van der Waals surface area contributed by atoms with Gasteiger partial charge in [-0.15, -0.1) is 21.5 Å². The van der Waals surface area contributed by atoms with E-state index in [0.717, 1.165) is 21.5 Å². The Kier molecular flexibility index (Phi) is 6.00. The second kappa shape index (κ2) is 8.66. The van der Waals surface area contributed by atoms with E-state index in [2.05, 4.69) is 32.2 Å². The SMILES string of the molecule is CC(c1nnc(SCc2noc(-c3cccs3)n2)n1-c1ccc(Cl)cc1)N(C)C. The number of hydrogen-bond acceptors (Lipinski definition) is 8. The lowest BCUT2D eigenvalue weighted by atomic mass is 10.2. The fourth-order valence-corrected chi connectivity index (χ4v) is 4.22. The number of thiophene rings is 1. The highest BCUT2D eigenvalue weighted by Gasteiger charge is 2.21. The van der Waals surface area contributed by atoms with Crippen molar-refractivity contribution in [1.29, 1.82) is 0 Å². The van der Waals surface area contributed by atoms with Crippen LogP contribution in [-0.4, -0.2) is 43.9 Å². The standard InChI is InChI=1S/C19H19ClN6OS2/c1-12(25(2)3)17-22-23-19(26(17)14-8-6-13(20)7-9-14)29-11-16-21-18(27-24-16)15-5-4-10-28-15/h4-10,12H,11H2,1-3H3. The van der Waals surface area contributed by atoms with Gasteiger partial charge in [-0.3, -0.25) is 9.47 Å². The van der Waals surface area contributed by atoms with Crippen LogP contribution >= 0.6 is 34.7 Å². The van der Waals surface area contributed by atoms with Gasteiger partial charge in [0.1, 0.15) is 0 Å². The van der Waals surface area contributed by atoms with E-state index in [1.807, 2.05) is 60.4 Å². The first kappa shape index (κ1) is 20.1. The number of rotatable bonds is 7. The van der Waals surface area contributed by atoms with Crippen LogP contribution in [0.5, 0.6) is 0 Å². The van der Waals surface area contributed by atoms with E-state index in [-0.39, 0.29) is 6.04 Å². The van der Waals surface area contributed by atoms with Crippen LogP contribution in [0, 0.1) is 0 Å². The summed E-state index contributed by atoms with van der Waals surface area (Å²) in [6.45, 7) is 2.09. The summed E-state index contributed by atoms with van der Waals surface area (Å²) in [5.74, 6) is 2.53. The molecule has 3 aromatic heterocycles. The number of halogens is 1. The molecule has 0 spiro atoms. The van der Waals surface area contributed by atoms with E-state index in [9.17, 15) is 0 Å². The molecule has 10 heteroatoms. The molecule has 1 aromatic carbocycles. The van der Waals surface area contributed by atoms with E-state index >= 15 is 0 Å². The first-order valence-corrected chi connectivity index (χ1v) is 11.1. The average Bonchev–Trinajstić information content (AvgIpc) is 3.46. The van der Waals surface area contributed by atoms with Crippen molar-refractivity contribution in [3.8, 4) is 16.5 Å². The maximum absolute atomic E-state index is 6.07. The number of hydrogen-bond donors (Lipinski definition) is 0. The van der Waals surface area contributed by atoms with Gasteiger partial charge in [-0.25, -0.2) is 0 Å². The molecule has 29 heavy (non-hydrogen) atoms. The summed E-state index contributed by atoms with van der Waals surface area (Å²) in [5, 5.41) is 16.4. The number of benzene rings is 1. The summed E-state index contributed by atoms with van der Waals surface area (Å²) >= 11 is 9.16. The van der Waals surface area contributed by atoms with Crippen molar-refractivity contribution < 1.29 is 4.52 Å². The second-order valence-electron chi connectivity index (χ2n) is 6.57. The van der Waals surface area contributed by atoms with Crippen molar-refractivity contribution in [2.24, 2.45) is 0 Å². The van der Waals surface area contributed by atoms with Crippen molar-refractivity contribution in [1.82, 2.24) is 29.8 Å². The summed E-state index contributed by atoms with van der Waals surface area (Å²) < 4.78 is 7.42. The smallest absolute Gasteiger partial charge is 0.268 e. The van der Waals surface area contributed by atoms with Crippen LogP contribution in [0.3, 0.4) is 0 Å². The fourth-order valence-electron chi connectivity index (χ4n) is 2.65. The van der Waals surface area contributed by atoms with Gasteiger partial charge < -0.3 is 4.52 Å². The van der Waals surface area contributed by atoms with Crippen molar-refractivity contribution in [3.63, 3.8) is 0 Å². The van der Waals surface area contributed by atoms with Gasteiger partial charge >= 0.3 is 0 Å². The number of aromatic nitrogens is 5. The van der Waals surface area contributed by atoms with Crippen LogP contribution < -0.4 is 0 Å². The summed E-state index contributed by atoms with van der Waals surface area (Å²) in [7, 11) is 4.04. The van der Waals surface area contributed by atoms with Gasteiger partial charge in [0.05, 0.1) is 16.7 Å². The predicted molar refractivity (Wildman–Crippen MR) is 116 cm³/mol. The Labute approximate surface area is 181 Å². The lowest BCUT2D eigenvalue weighted by molar-refractivity contribution is 0.305. The minimum Gasteiger partial charge on any atom is -0.333 e. The lowest BCUT2D eigenvalue weighted by Crippen LogP contribution is -2.20. The average molecular weight is 447 g/mol. The van der Waals surface area contributed by atoms with Crippen molar-refractivity contribution in [3.05, 3.63) is 58.4 Å². The number of nitrogens with zero attached hydrogens (tertiary/aromatic N) is 6. The quantitative estimate of drug-likeness (QED) is 0.372. The highest BCUT2D eigenvalue weighted by molar-refractivity contribution is 7.98. The van der Waals surface area contributed by atoms with Gasteiger partial charge in [0.25, 0.3) is 5.89 Å². The van der Waals surface area contributed by atoms with Crippen LogP contribution in [0.4, 0.5) is 0 Å². The molecule has 3 heterocycles. The van der Waals surface area contributed by atoms with Gasteiger partial charge in [-0.1, -0.05) is 34.6 Å². The molecule has 0 radical (unpaired) electrons. The molecule has 1 atom stereocenters. The van der Waals surface area contributed by atoms with E-state index < -0.39 is 0 Å². The van der Waals surface area contributed by atoms with E-state index in [1.54, 1.807) is 11.3 Å². The largest absolute Gasteiger partial charge is 0.333 e. The zero-order valence-electron chi connectivity index (χ0n) is 16.1. The third kappa shape index (κ3) is 4.37. The fraction of sp³-hybridized carbons (Fsp3) is 0.263. The van der Waals surface area contributed by atoms with Crippen LogP contribution in [0.15, 0.2) is 51.5 Å². The highest BCUT2D eigenvalue weighted by Crippen LogP contribution is 2.30. The lowest BCUT2D eigenvalue weighted by Gasteiger charge is -2.20. The van der Waals surface area contributed by atoms with E-state index in [4.69, 9.17) is 16.1 Å². The molecule has 7 nitrogen and oxygen atoms in total.